The van der Waals surface area contributed by atoms with Crippen LogP contribution in [0.15, 0.2) is 33.5 Å². The van der Waals surface area contributed by atoms with Crippen LogP contribution in [0, 0.1) is 6.92 Å². The molecule has 2 rings (SSSR count). The third kappa shape index (κ3) is 6.14. The SMILES string of the molecule is CCCNC(=O)NC(=O)COC(=O)COc1ccc2c(C)cc(=O)oc2c1. The minimum absolute atomic E-state index is 0.302. The van der Waals surface area contributed by atoms with Gasteiger partial charge in [-0.25, -0.2) is 14.4 Å². The van der Waals surface area contributed by atoms with Crippen molar-refractivity contribution in [1.29, 1.82) is 0 Å². The molecule has 9 heteroatoms. The molecule has 3 amide bonds. The third-order valence-electron chi connectivity index (χ3n) is 3.43. The number of imide groups is 1. The minimum Gasteiger partial charge on any atom is -0.482 e. The largest absolute Gasteiger partial charge is 0.482 e. The van der Waals surface area contributed by atoms with E-state index < -0.39 is 36.7 Å². The zero-order chi connectivity index (χ0) is 19.8. The Morgan fingerprint density at radius 3 is 2.67 bits per heavy atom. The number of hydrogen-bond acceptors (Lipinski definition) is 7. The molecule has 0 aliphatic rings. The molecule has 2 aromatic rings. The number of carbonyl (C=O) groups is 3. The van der Waals surface area contributed by atoms with Crippen molar-refractivity contribution in [3.63, 3.8) is 0 Å². The number of nitrogens with one attached hydrogen (secondary N) is 2. The average Bonchev–Trinajstić information content (AvgIpc) is 2.62. The molecule has 0 radical (unpaired) electrons. The molecule has 1 aromatic carbocycles. The highest BCUT2D eigenvalue weighted by Gasteiger charge is 2.11. The van der Waals surface area contributed by atoms with E-state index in [1.54, 1.807) is 19.1 Å². The number of rotatable bonds is 7. The second-order valence-corrected chi connectivity index (χ2v) is 5.66. The Labute approximate surface area is 154 Å². The van der Waals surface area contributed by atoms with Crippen molar-refractivity contribution in [3.8, 4) is 5.75 Å². The molecule has 2 N–H and O–H groups in total. The summed E-state index contributed by atoms with van der Waals surface area (Å²) < 4.78 is 15.1. The van der Waals surface area contributed by atoms with Gasteiger partial charge in [0.1, 0.15) is 11.3 Å². The van der Waals surface area contributed by atoms with E-state index in [0.29, 0.717) is 17.9 Å². The van der Waals surface area contributed by atoms with Gasteiger partial charge in [0, 0.05) is 24.1 Å². The predicted octanol–water partition coefficient (Wildman–Crippen LogP) is 1.26. The monoisotopic (exact) mass is 376 g/mol. The first-order valence-electron chi connectivity index (χ1n) is 8.29. The molecule has 0 aliphatic heterocycles. The summed E-state index contributed by atoms with van der Waals surface area (Å²) in [6.45, 7) is 3.03. The number of benzene rings is 1. The van der Waals surface area contributed by atoms with Crippen LogP contribution in [-0.2, 0) is 14.3 Å². The second kappa shape index (κ2) is 9.37. The Hall–Kier alpha value is -3.36. The molecule has 9 nitrogen and oxygen atoms in total. The van der Waals surface area contributed by atoms with Gasteiger partial charge in [0.2, 0.25) is 0 Å². The summed E-state index contributed by atoms with van der Waals surface area (Å²) in [6.07, 6.45) is 0.728. The number of aryl methyl sites for hydroxylation is 1. The Bertz CT molecular complexity index is 904. The highest BCUT2D eigenvalue weighted by Crippen LogP contribution is 2.22. The fourth-order valence-electron chi connectivity index (χ4n) is 2.17. The topological polar surface area (TPSA) is 124 Å². The van der Waals surface area contributed by atoms with Gasteiger partial charge in [-0.05, 0) is 31.0 Å². The maximum absolute atomic E-state index is 11.6. The summed E-state index contributed by atoms with van der Waals surface area (Å²) in [5.41, 5.74) is 0.620. The predicted molar refractivity (Wildman–Crippen MR) is 95.5 cm³/mol. The van der Waals surface area contributed by atoms with Crippen LogP contribution >= 0.6 is 0 Å². The molecule has 1 heterocycles. The van der Waals surface area contributed by atoms with Gasteiger partial charge in [-0.3, -0.25) is 10.1 Å². The van der Waals surface area contributed by atoms with Gasteiger partial charge >= 0.3 is 17.6 Å². The van der Waals surface area contributed by atoms with Crippen molar-refractivity contribution < 1.29 is 28.3 Å². The van der Waals surface area contributed by atoms with Crippen molar-refractivity contribution in [3.05, 3.63) is 40.2 Å². The van der Waals surface area contributed by atoms with E-state index in [4.69, 9.17) is 13.9 Å². The summed E-state index contributed by atoms with van der Waals surface area (Å²) in [5, 5.41) is 5.23. The second-order valence-electron chi connectivity index (χ2n) is 5.66. The van der Waals surface area contributed by atoms with E-state index in [0.717, 1.165) is 17.4 Å². The lowest BCUT2D eigenvalue weighted by molar-refractivity contribution is -0.150. The summed E-state index contributed by atoms with van der Waals surface area (Å²) in [5.74, 6) is -1.23. The van der Waals surface area contributed by atoms with Crippen LogP contribution in [0.1, 0.15) is 18.9 Å². The number of fused-ring (bicyclic) bond motifs is 1. The van der Waals surface area contributed by atoms with E-state index in [2.05, 4.69) is 5.32 Å². The lowest BCUT2D eigenvalue weighted by Crippen LogP contribution is -2.41. The molecule has 0 saturated carbocycles. The van der Waals surface area contributed by atoms with Crippen LogP contribution in [0.2, 0.25) is 0 Å². The first-order chi connectivity index (χ1) is 12.9. The number of urea groups is 1. The fourth-order valence-corrected chi connectivity index (χ4v) is 2.17. The summed E-state index contributed by atoms with van der Waals surface area (Å²) in [4.78, 5) is 45.8. The molecule has 0 saturated heterocycles. The molecule has 0 atom stereocenters. The van der Waals surface area contributed by atoms with Gasteiger partial charge in [-0.1, -0.05) is 6.92 Å². The summed E-state index contributed by atoms with van der Waals surface area (Å²) in [7, 11) is 0. The average molecular weight is 376 g/mol. The van der Waals surface area contributed by atoms with Crippen molar-refractivity contribution in [1.82, 2.24) is 10.6 Å². The van der Waals surface area contributed by atoms with Gasteiger partial charge in [-0.2, -0.15) is 0 Å². The first-order valence-corrected chi connectivity index (χ1v) is 8.29. The maximum Gasteiger partial charge on any atom is 0.344 e. The number of amides is 3. The Morgan fingerprint density at radius 1 is 1.15 bits per heavy atom. The fraction of sp³-hybridized carbons (Fsp3) is 0.333. The highest BCUT2D eigenvalue weighted by molar-refractivity contribution is 5.95. The van der Waals surface area contributed by atoms with Gasteiger partial charge in [-0.15, -0.1) is 0 Å². The van der Waals surface area contributed by atoms with Crippen molar-refractivity contribution in [2.24, 2.45) is 0 Å². The molecule has 0 fully saturated rings. The first kappa shape index (κ1) is 20.0. The maximum atomic E-state index is 11.6. The number of carbonyl (C=O) groups excluding carboxylic acids is 3. The van der Waals surface area contributed by atoms with Crippen LogP contribution in [-0.4, -0.2) is 37.7 Å². The Balaban J connectivity index is 1.81. The lowest BCUT2D eigenvalue weighted by Gasteiger charge is -2.08. The standard InChI is InChI=1S/C18H20N2O7/c1-3-6-19-18(24)20-15(21)9-26-17(23)10-25-12-4-5-13-11(2)7-16(22)27-14(13)8-12/h4-5,7-8H,3,6,9-10H2,1-2H3,(H2,19,20,21,24). The van der Waals surface area contributed by atoms with Gasteiger partial charge < -0.3 is 19.2 Å². The summed E-state index contributed by atoms with van der Waals surface area (Å²) >= 11 is 0. The molecule has 0 bridgehead atoms. The van der Waals surface area contributed by atoms with Crippen LogP contribution in [0.4, 0.5) is 4.79 Å². The zero-order valence-electron chi connectivity index (χ0n) is 15.0. The van der Waals surface area contributed by atoms with Crippen molar-refractivity contribution in [2.75, 3.05) is 19.8 Å². The van der Waals surface area contributed by atoms with E-state index in [9.17, 15) is 19.2 Å². The molecular formula is C18H20N2O7. The minimum atomic E-state index is -0.787. The molecule has 27 heavy (non-hydrogen) atoms. The van der Waals surface area contributed by atoms with E-state index >= 15 is 0 Å². The van der Waals surface area contributed by atoms with Crippen LogP contribution < -0.4 is 21.0 Å². The smallest absolute Gasteiger partial charge is 0.344 e. The van der Waals surface area contributed by atoms with E-state index in [-0.39, 0.29) is 0 Å². The van der Waals surface area contributed by atoms with Crippen LogP contribution in [0.3, 0.4) is 0 Å². The molecule has 1 aromatic heterocycles. The zero-order valence-corrected chi connectivity index (χ0v) is 15.0. The quantitative estimate of drug-likeness (QED) is 0.551. The van der Waals surface area contributed by atoms with E-state index in [1.165, 1.54) is 12.1 Å². The van der Waals surface area contributed by atoms with Gasteiger partial charge in [0.15, 0.2) is 13.2 Å². The molecule has 144 valence electrons. The van der Waals surface area contributed by atoms with Crippen molar-refractivity contribution in [2.45, 2.75) is 20.3 Å². The Morgan fingerprint density at radius 2 is 1.93 bits per heavy atom. The number of hydrogen-bond donors (Lipinski definition) is 2. The summed E-state index contributed by atoms with van der Waals surface area (Å²) in [6, 6.07) is 5.54. The molecule has 0 spiro atoms. The highest BCUT2D eigenvalue weighted by atomic mass is 16.6. The number of ether oxygens (including phenoxy) is 2. The third-order valence-corrected chi connectivity index (χ3v) is 3.43. The molecule has 0 unspecified atom stereocenters. The van der Waals surface area contributed by atoms with Crippen molar-refractivity contribution >= 4 is 28.9 Å². The van der Waals surface area contributed by atoms with Gasteiger partial charge in [0.05, 0.1) is 0 Å². The lowest BCUT2D eigenvalue weighted by atomic mass is 10.1. The molecular weight excluding hydrogens is 356 g/mol. The normalized spacial score (nSPS) is 10.3. The van der Waals surface area contributed by atoms with E-state index in [1.807, 2.05) is 12.2 Å². The van der Waals surface area contributed by atoms with Gasteiger partial charge in [0.25, 0.3) is 5.91 Å². The van der Waals surface area contributed by atoms with Crippen LogP contribution in [0.25, 0.3) is 11.0 Å². The van der Waals surface area contributed by atoms with Crippen LogP contribution in [0.5, 0.6) is 5.75 Å². The number of esters is 1. The molecule has 0 aliphatic carbocycles. The Kier molecular flexibility index (Phi) is 6.93.